The summed E-state index contributed by atoms with van der Waals surface area (Å²) in [6.07, 6.45) is 2.80. The second-order valence-corrected chi connectivity index (χ2v) is 8.36. The quantitative estimate of drug-likeness (QED) is 0.657. The Morgan fingerprint density at radius 1 is 1.19 bits per heavy atom. The number of hydrogen-bond acceptors (Lipinski definition) is 4. The molecule has 0 unspecified atom stereocenters. The van der Waals surface area contributed by atoms with Crippen molar-refractivity contribution in [2.75, 3.05) is 25.0 Å². The van der Waals surface area contributed by atoms with Crippen LogP contribution in [0, 0.1) is 5.92 Å². The zero-order chi connectivity index (χ0) is 19.0. The highest BCUT2D eigenvalue weighted by Crippen LogP contribution is 2.30. The number of anilines is 1. The molecule has 3 N–H and O–H groups in total. The maximum atomic E-state index is 13.0. The van der Waals surface area contributed by atoms with Gasteiger partial charge in [0.2, 0.25) is 11.8 Å². The van der Waals surface area contributed by atoms with Crippen LogP contribution in [-0.2, 0) is 9.59 Å². The van der Waals surface area contributed by atoms with Crippen LogP contribution < -0.4 is 16.0 Å². The van der Waals surface area contributed by atoms with Crippen molar-refractivity contribution in [1.82, 2.24) is 15.5 Å². The van der Waals surface area contributed by atoms with E-state index in [1.54, 1.807) is 23.1 Å². The van der Waals surface area contributed by atoms with Gasteiger partial charge in [0.05, 0.1) is 11.3 Å². The van der Waals surface area contributed by atoms with Gasteiger partial charge >= 0.3 is 0 Å². The number of carbonyl (C=O) groups is 3. The third-order valence-corrected chi connectivity index (χ3v) is 6.19. The number of rotatable bonds is 2. The lowest BCUT2D eigenvalue weighted by Gasteiger charge is -2.38. The van der Waals surface area contributed by atoms with Gasteiger partial charge < -0.3 is 20.9 Å². The first-order valence-corrected chi connectivity index (χ1v) is 10.2. The number of carbonyl (C=O) groups excluding carboxylic acids is 3. The van der Waals surface area contributed by atoms with E-state index in [0.29, 0.717) is 30.6 Å². The lowest BCUT2D eigenvalue weighted by Crippen LogP contribution is -2.55. The fraction of sp³-hybridized carbons (Fsp3) is 0.526. The zero-order valence-electron chi connectivity index (χ0n) is 15.0. The molecule has 2 atom stereocenters. The van der Waals surface area contributed by atoms with Gasteiger partial charge in [0.25, 0.3) is 5.91 Å². The molecule has 1 aromatic carbocycles. The summed E-state index contributed by atoms with van der Waals surface area (Å²) in [6, 6.07) is 4.64. The minimum absolute atomic E-state index is 0.0375. The van der Waals surface area contributed by atoms with Crippen molar-refractivity contribution in [2.45, 2.75) is 37.8 Å². The van der Waals surface area contributed by atoms with E-state index in [2.05, 4.69) is 31.9 Å². The molecule has 0 saturated carbocycles. The molecule has 0 radical (unpaired) electrons. The third-order valence-electron chi connectivity index (χ3n) is 5.69. The molecule has 7 nitrogen and oxygen atoms in total. The van der Waals surface area contributed by atoms with Crippen LogP contribution in [0.2, 0.25) is 0 Å². The largest absolute Gasteiger partial charge is 0.353 e. The number of hydrogen-bond donors (Lipinski definition) is 3. The summed E-state index contributed by atoms with van der Waals surface area (Å²) in [4.78, 5) is 39.9. The molecule has 27 heavy (non-hydrogen) atoms. The Hall–Kier alpha value is -1.93. The first-order chi connectivity index (χ1) is 13.0. The van der Waals surface area contributed by atoms with E-state index in [4.69, 9.17) is 0 Å². The standard InChI is InChI=1S/C19H23BrN4O3/c20-12-1-2-15-14(9-12)19(27)24-8-5-13(10-16(24)18(26)23-15)22-17(25)11-3-6-21-7-4-11/h1-2,9,11,13,16,21H,3-8,10H2,(H,22,25)(H,23,26)/t13-,16-/m0/s1. The highest BCUT2D eigenvalue weighted by Gasteiger charge is 2.40. The van der Waals surface area contributed by atoms with E-state index in [9.17, 15) is 14.4 Å². The number of nitrogens with zero attached hydrogens (tertiary/aromatic N) is 1. The van der Waals surface area contributed by atoms with Gasteiger partial charge in [-0.2, -0.15) is 0 Å². The number of nitrogens with one attached hydrogen (secondary N) is 3. The molecule has 8 heteroatoms. The predicted molar refractivity (Wildman–Crippen MR) is 104 cm³/mol. The van der Waals surface area contributed by atoms with Crippen LogP contribution in [0.25, 0.3) is 0 Å². The second kappa shape index (κ2) is 7.59. The van der Waals surface area contributed by atoms with Gasteiger partial charge in [-0.1, -0.05) is 15.9 Å². The molecule has 3 aliphatic rings. The zero-order valence-corrected chi connectivity index (χ0v) is 16.5. The highest BCUT2D eigenvalue weighted by molar-refractivity contribution is 9.10. The van der Waals surface area contributed by atoms with Gasteiger partial charge in [0, 0.05) is 23.0 Å². The van der Waals surface area contributed by atoms with Crippen molar-refractivity contribution < 1.29 is 14.4 Å². The number of fused-ring (bicyclic) bond motifs is 2. The van der Waals surface area contributed by atoms with E-state index in [1.165, 1.54) is 0 Å². The summed E-state index contributed by atoms with van der Waals surface area (Å²) >= 11 is 3.39. The number of amides is 3. The molecule has 1 aromatic rings. The van der Waals surface area contributed by atoms with Crippen LogP contribution >= 0.6 is 15.9 Å². The fourth-order valence-electron chi connectivity index (χ4n) is 4.16. The highest BCUT2D eigenvalue weighted by atomic mass is 79.9. The normalized spacial score (nSPS) is 25.9. The Kier molecular flexibility index (Phi) is 5.19. The maximum Gasteiger partial charge on any atom is 0.256 e. The van der Waals surface area contributed by atoms with Crippen molar-refractivity contribution in [3.8, 4) is 0 Å². The molecule has 144 valence electrons. The average molecular weight is 435 g/mol. The van der Waals surface area contributed by atoms with E-state index < -0.39 is 6.04 Å². The number of piperidine rings is 2. The lowest BCUT2D eigenvalue weighted by atomic mass is 9.93. The first-order valence-electron chi connectivity index (χ1n) is 9.45. The van der Waals surface area contributed by atoms with Crippen molar-refractivity contribution in [3.63, 3.8) is 0 Å². The van der Waals surface area contributed by atoms with E-state index in [-0.39, 0.29) is 29.7 Å². The molecule has 0 aliphatic carbocycles. The van der Waals surface area contributed by atoms with Crippen LogP contribution in [0.5, 0.6) is 0 Å². The molecule has 4 rings (SSSR count). The summed E-state index contributed by atoms with van der Waals surface area (Å²) < 4.78 is 0.798. The average Bonchev–Trinajstić information content (AvgIpc) is 2.78. The van der Waals surface area contributed by atoms with Gasteiger partial charge in [0.1, 0.15) is 6.04 Å². The van der Waals surface area contributed by atoms with Gasteiger partial charge in [-0.05, 0) is 57.0 Å². The minimum Gasteiger partial charge on any atom is -0.353 e. The number of halogens is 1. The van der Waals surface area contributed by atoms with Gasteiger partial charge in [-0.15, -0.1) is 0 Å². The molecule has 2 fully saturated rings. The maximum absolute atomic E-state index is 13.0. The molecule has 3 heterocycles. The monoisotopic (exact) mass is 434 g/mol. The summed E-state index contributed by atoms with van der Waals surface area (Å²) in [7, 11) is 0. The Morgan fingerprint density at radius 3 is 2.74 bits per heavy atom. The van der Waals surface area contributed by atoms with Gasteiger partial charge in [-0.25, -0.2) is 0 Å². The van der Waals surface area contributed by atoms with Gasteiger partial charge in [0.15, 0.2) is 0 Å². The summed E-state index contributed by atoms with van der Waals surface area (Å²) in [5.41, 5.74) is 1.04. The summed E-state index contributed by atoms with van der Waals surface area (Å²) in [5, 5.41) is 9.25. The Morgan fingerprint density at radius 2 is 1.96 bits per heavy atom. The molecule has 2 saturated heterocycles. The lowest BCUT2D eigenvalue weighted by molar-refractivity contribution is -0.128. The SMILES string of the molecule is O=C(N[C@H]1CCN2C(=O)c3cc(Br)ccc3NC(=O)[C@@H]2C1)C1CCNCC1. The van der Waals surface area contributed by atoms with Crippen molar-refractivity contribution in [1.29, 1.82) is 0 Å². The van der Waals surface area contributed by atoms with Crippen LogP contribution in [0.15, 0.2) is 22.7 Å². The topological polar surface area (TPSA) is 90.5 Å². The smallest absolute Gasteiger partial charge is 0.256 e. The first kappa shape index (κ1) is 18.4. The minimum atomic E-state index is -0.559. The van der Waals surface area contributed by atoms with Crippen LogP contribution in [0.3, 0.4) is 0 Å². The molecule has 0 aromatic heterocycles. The summed E-state index contributed by atoms with van der Waals surface area (Å²) in [6.45, 7) is 2.19. The third kappa shape index (κ3) is 3.73. The Balaban J connectivity index is 1.47. The van der Waals surface area contributed by atoms with Crippen molar-refractivity contribution in [2.24, 2.45) is 5.92 Å². The number of benzene rings is 1. The molecule has 3 aliphatic heterocycles. The summed E-state index contributed by atoms with van der Waals surface area (Å²) in [5.74, 6) is -0.221. The second-order valence-electron chi connectivity index (χ2n) is 7.45. The van der Waals surface area contributed by atoms with E-state index in [0.717, 1.165) is 30.4 Å². The predicted octanol–water partition coefficient (Wildman–Crippen LogP) is 1.49. The van der Waals surface area contributed by atoms with Crippen molar-refractivity contribution >= 4 is 39.3 Å². The molecule has 0 spiro atoms. The fourth-order valence-corrected chi connectivity index (χ4v) is 4.53. The van der Waals surface area contributed by atoms with Crippen LogP contribution in [0.1, 0.15) is 36.0 Å². The van der Waals surface area contributed by atoms with Crippen LogP contribution in [0.4, 0.5) is 5.69 Å². The Labute approximate surface area is 166 Å². The van der Waals surface area contributed by atoms with Crippen molar-refractivity contribution in [3.05, 3.63) is 28.2 Å². The molecular weight excluding hydrogens is 412 g/mol. The van der Waals surface area contributed by atoms with Gasteiger partial charge in [-0.3, -0.25) is 14.4 Å². The van der Waals surface area contributed by atoms with E-state index >= 15 is 0 Å². The van der Waals surface area contributed by atoms with Crippen LogP contribution in [-0.4, -0.2) is 54.3 Å². The van der Waals surface area contributed by atoms with E-state index in [1.807, 2.05) is 0 Å². The molecule has 0 bridgehead atoms. The Bertz CT molecular complexity index is 778. The molecule has 3 amide bonds. The molecular formula is C19H23BrN4O3.